The molecule has 0 aliphatic heterocycles. The highest BCUT2D eigenvalue weighted by molar-refractivity contribution is 5.73. The number of rotatable bonds is 7. The fourth-order valence-corrected chi connectivity index (χ4v) is 2.30. The van der Waals surface area contributed by atoms with Gasteiger partial charge >= 0.3 is 0 Å². The van der Waals surface area contributed by atoms with E-state index in [1.165, 1.54) is 19.3 Å². The minimum Gasteiger partial charge on any atom is -0.370 e. The Morgan fingerprint density at radius 3 is 2.80 bits per heavy atom. The lowest BCUT2D eigenvalue weighted by Crippen LogP contribution is -2.36. The first kappa shape index (κ1) is 12.5. The van der Waals surface area contributed by atoms with Crippen LogP contribution >= 0.6 is 0 Å². The average molecular weight is 213 g/mol. The quantitative estimate of drug-likeness (QED) is 0.534. The lowest BCUT2D eigenvalue weighted by atomic mass is 10.0. The molecule has 4 heteroatoms. The van der Waals surface area contributed by atoms with Crippen LogP contribution in [0.2, 0.25) is 0 Å². The molecule has 1 saturated carbocycles. The van der Waals surface area contributed by atoms with E-state index in [1.54, 1.807) is 0 Å². The molecular weight excluding hydrogens is 190 g/mol. The third kappa shape index (κ3) is 4.62. The molecule has 0 aromatic heterocycles. The molecule has 0 aromatic carbocycles. The maximum absolute atomic E-state index is 10.5. The molecule has 88 valence electrons. The number of amides is 1. The fourth-order valence-electron chi connectivity index (χ4n) is 2.30. The van der Waals surface area contributed by atoms with E-state index in [2.05, 4.69) is 5.32 Å². The zero-order valence-electron chi connectivity index (χ0n) is 9.37. The molecule has 4 nitrogen and oxygen atoms in total. The van der Waals surface area contributed by atoms with Gasteiger partial charge in [0.25, 0.3) is 0 Å². The molecule has 1 rings (SSSR count). The highest BCUT2D eigenvalue weighted by Gasteiger charge is 2.24. The summed E-state index contributed by atoms with van der Waals surface area (Å²) < 4.78 is 0. The van der Waals surface area contributed by atoms with Crippen molar-refractivity contribution in [2.75, 3.05) is 13.1 Å². The van der Waals surface area contributed by atoms with Crippen molar-refractivity contribution in [1.82, 2.24) is 5.32 Å². The lowest BCUT2D eigenvalue weighted by molar-refractivity contribution is -0.118. The fraction of sp³-hybridized carbons (Fsp3) is 0.909. The Kier molecular flexibility index (Phi) is 5.65. The minimum absolute atomic E-state index is 0.198. The maximum atomic E-state index is 10.5. The van der Waals surface area contributed by atoms with Gasteiger partial charge in [0.1, 0.15) is 0 Å². The Bertz CT molecular complexity index is 196. The van der Waals surface area contributed by atoms with Gasteiger partial charge in [0.05, 0.1) is 0 Å². The van der Waals surface area contributed by atoms with Crippen molar-refractivity contribution in [2.45, 2.75) is 44.6 Å². The van der Waals surface area contributed by atoms with Crippen molar-refractivity contribution < 1.29 is 4.79 Å². The summed E-state index contributed by atoms with van der Waals surface area (Å²) in [6.45, 7) is 1.77. The van der Waals surface area contributed by atoms with E-state index in [-0.39, 0.29) is 5.91 Å². The first-order valence-electron chi connectivity index (χ1n) is 5.95. The SMILES string of the molecule is NCC1CCCC1NCCCCC(N)=O. The molecule has 1 fully saturated rings. The summed E-state index contributed by atoms with van der Waals surface area (Å²) in [7, 11) is 0. The number of primary amides is 1. The van der Waals surface area contributed by atoms with Crippen molar-refractivity contribution in [2.24, 2.45) is 17.4 Å². The highest BCUT2D eigenvalue weighted by atomic mass is 16.1. The van der Waals surface area contributed by atoms with Crippen LogP contribution in [0.1, 0.15) is 38.5 Å². The van der Waals surface area contributed by atoms with Gasteiger partial charge in [-0.3, -0.25) is 4.79 Å². The summed E-state index contributed by atoms with van der Waals surface area (Å²) in [5.74, 6) is 0.455. The Labute approximate surface area is 91.8 Å². The normalized spacial score (nSPS) is 25.7. The number of nitrogens with one attached hydrogen (secondary N) is 1. The summed E-state index contributed by atoms with van der Waals surface area (Å²) in [5.41, 5.74) is 10.8. The smallest absolute Gasteiger partial charge is 0.217 e. The van der Waals surface area contributed by atoms with Crippen molar-refractivity contribution in [3.05, 3.63) is 0 Å². The second kappa shape index (κ2) is 6.80. The van der Waals surface area contributed by atoms with Crippen LogP contribution in [0.15, 0.2) is 0 Å². The van der Waals surface area contributed by atoms with Crippen molar-refractivity contribution in [1.29, 1.82) is 0 Å². The van der Waals surface area contributed by atoms with E-state index in [0.717, 1.165) is 25.9 Å². The van der Waals surface area contributed by atoms with E-state index in [0.29, 0.717) is 18.4 Å². The maximum Gasteiger partial charge on any atom is 0.217 e. The van der Waals surface area contributed by atoms with Crippen LogP contribution in [0.4, 0.5) is 0 Å². The van der Waals surface area contributed by atoms with Crippen LogP contribution in [-0.4, -0.2) is 25.0 Å². The molecule has 2 unspecified atom stereocenters. The molecule has 1 aliphatic carbocycles. The van der Waals surface area contributed by atoms with Crippen molar-refractivity contribution >= 4 is 5.91 Å². The Morgan fingerprint density at radius 1 is 1.33 bits per heavy atom. The predicted octanol–water partition coefficient (Wildman–Crippen LogP) is 0.359. The largest absolute Gasteiger partial charge is 0.370 e. The molecule has 0 radical (unpaired) electrons. The monoisotopic (exact) mass is 213 g/mol. The molecule has 15 heavy (non-hydrogen) atoms. The summed E-state index contributed by atoms with van der Waals surface area (Å²) in [6.07, 6.45) is 6.22. The lowest BCUT2D eigenvalue weighted by Gasteiger charge is -2.19. The van der Waals surface area contributed by atoms with Crippen LogP contribution in [0.5, 0.6) is 0 Å². The van der Waals surface area contributed by atoms with Gasteiger partial charge in [-0.2, -0.15) is 0 Å². The van der Waals surface area contributed by atoms with Crippen molar-refractivity contribution in [3.63, 3.8) is 0 Å². The molecular formula is C11H23N3O. The number of hydrogen-bond acceptors (Lipinski definition) is 3. The summed E-state index contributed by atoms with van der Waals surface area (Å²) in [4.78, 5) is 10.5. The third-order valence-corrected chi connectivity index (χ3v) is 3.22. The minimum atomic E-state index is -0.198. The number of carbonyl (C=O) groups excluding carboxylic acids is 1. The second-order valence-electron chi connectivity index (χ2n) is 4.41. The first-order valence-corrected chi connectivity index (χ1v) is 5.95. The molecule has 0 spiro atoms. The number of hydrogen-bond donors (Lipinski definition) is 3. The van der Waals surface area contributed by atoms with Gasteiger partial charge in [-0.25, -0.2) is 0 Å². The van der Waals surface area contributed by atoms with Gasteiger partial charge < -0.3 is 16.8 Å². The molecule has 1 amide bonds. The molecule has 0 bridgehead atoms. The van der Waals surface area contributed by atoms with Crippen LogP contribution in [-0.2, 0) is 4.79 Å². The summed E-state index contributed by atoms with van der Waals surface area (Å²) in [6, 6.07) is 0.601. The van der Waals surface area contributed by atoms with Crippen LogP contribution in [0, 0.1) is 5.92 Å². The molecule has 0 aromatic rings. The van der Waals surface area contributed by atoms with E-state index in [9.17, 15) is 4.79 Å². The zero-order chi connectivity index (χ0) is 11.1. The van der Waals surface area contributed by atoms with E-state index < -0.39 is 0 Å². The van der Waals surface area contributed by atoms with Crippen LogP contribution in [0.3, 0.4) is 0 Å². The average Bonchev–Trinajstić information content (AvgIpc) is 2.64. The molecule has 2 atom stereocenters. The van der Waals surface area contributed by atoms with Crippen molar-refractivity contribution in [3.8, 4) is 0 Å². The molecule has 5 N–H and O–H groups in total. The van der Waals surface area contributed by atoms with Gasteiger partial charge in [0.15, 0.2) is 0 Å². The van der Waals surface area contributed by atoms with Gasteiger partial charge in [0, 0.05) is 12.5 Å². The van der Waals surface area contributed by atoms with E-state index in [1.807, 2.05) is 0 Å². The van der Waals surface area contributed by atoms with Gasteiger partial charge in [-0.05, 0) is 44.7 Å². The molecule has 1 aliphatic rings. The standard InChI is InChI=1S/C11H23N3O/c12-8-9-4-3-5-10(9)14-7-2-1-6-11(13)15/h9-10,14H,1-8,12H2,(H2,13,15). The molecule has 0 heterocycles. The first-order chi connectivity index (χ1) is 7.24. The topological polar surface area (TPSA) is 81.1 Å². The van der Waals surface area contributed by atoms with Gasteiger partial charge in [0.2, 0.25) is 5.91 Å². The number of carbonyl (C=O) groups is 1. The van der Waals surface area contributed by atoms with Crippen LogP contribution < -0.4 is 16.8 Å². The summed E-state index contributed by atoms with van der Waals surface area (Å²) in [5, 5.41) is 3.52. The zero-order valence-corrected chi connectivity index (χ0v) is 9.37. The van der Waals surface area contributed by atoms with Gasteiger partial charge in [-0.15, -0.1) is 0 Å². The Balaban J connectivity index is 2.02. The van der Waals surface area contributed by atoms with E-state index in [4.69, 9.17) is 11.5 Å². The number of nitrogens with two attached hydrogens (primary N) is 2. The second-order valence-corrected chi connectivity index (χ2v) is 4.41. The Morgan fingerprint density at radius 2 is 2.13 bits per heavy atom. The third-order valence-electron chi connectivity index (χ3n) is 3.22. The highest BCUT2D eigenvalue weighted by Crippen LogP contribution is 2.24. The van der Waals surface area contributed by atoms with E-state index >= 15 is 0 Å². The Hall–Kier alpha value is -0.610. The van der Waals surface area contributed by atoms with Crippen LogP contribution in [0.25, 0.3) is 0 Å². The predicted molar refractivity (Wildman–Crippen MR) is 61.2 cm³/mol. The number of unbranched alkanes of at least 4 members (excludes halogenated alkanes) is 1. The molecule has 0 saturated heterocycles. The van der Waals surface area contributed by atoms with Gasteiger partial charge in [-0.1, -0.05) is 6.42 Å². The summed E-state index contributed by atoms with van der Waals surface area (Å²) >= 11 is 0.